The van der Waals surface area contributed by atoms with Gasteiger partial charge in [0.15, 0.2) is 0 Å². The molecule has 1 aliphatic rings. The quantitative estimate of drug-likeness (QED) is 0.885. The van der Waals surface area contributed by atoms with Gasteiger partial charge in [0.1, 0.15) is 5.75 Å². The number of methoxy groups -OCH3 is 1. The zero-order chi connectivity index (χ0) is 14.8. The molecule has 0 bridgehead atoms. The molecule has 5 nitrogen and oxygen atoms in total. The third-order valence-corrected chi connectivity index (χ3v) is 5.20. The summed E-state index contributed by atoms with van der Waals surface area (Å²) in [5.41, 5.74) is 0.763. The number of nitrogens with one attached hydrogen (secondary N) is 1. The van der Waals surface area contributed by atoms with Crippen molar-refractivity contribution >= 4 is 10.0 Å². The van der Waals surface area contributed by atoms with Gasteiger partial charge in [-0.2, -0.15) is 0 Å². The topological polar surface area (TPSA) is 75.6 Å². The second-order valence-corrected chi connectivity index (χ2v) is 6.92. The van der Waals surface area contributed by atoms with E-state index in [-0.39, 0.29) is 4.90 Å². The lowest BCUT2D eigenvalue weighted by Crippen LogP contribution is -2.44. The van der Waals surface area contributed by atoms with E-state index >= 15 is 0 Å². The zero-order valence-electron chi connectivity index (χ0n) is 11.8. The van der Waals surface area contributed by atoms with Gasteiger partial charge in [-0.15, -0.1) is 0 Å². The van der Waals surface area contributed by atoms with Crippen molar-refractivity contribution in [1.82, 2.24) is 4.72 Å². The lowest BCUT2D eigenvalue weighted by atomic mass is 9.93. The fourth-order valence-electron chi connectivity index (χ4n) is 2.53. The van der Waals surface area contributed by atoms with E-state index in [1.165, 1.54) is 6.07 Å². The van der Waals surface area contributed by atoms with Crippen LogP contribution in [0.1, 0.15) is 31.2 Å². The first-order chi connectivity index (χ1) is 9.44. The number of rotatable bonds is 4. The highest BCUT2D eigenvalue weighted by molar-refractivity contribution is 7.89. The number of aliphatic hydroxyl groups excluding tert-OH is 1. The SMILES string of the molecule is COc1ccc(S(=O)(=O)N[C@H]2CCCC[C@@H]2O)cc1C. The highest BCUT2D eigenvalue weighted by Crippen LogP contribution is 2.24. The van der Waals surface area contributed by atoms with Crippen LogP contribution in [-0.2, 0) is 10.0 Å². The van der Waals surface area contributed by atoms with Crippen LogP contribution in [0.15, 0.2) is 23.1 Å². The Bertz CT molecular complexity index is 571. The third kappa shape index (κ3) is 3.31. The molecule has 6 heteroatoms. The Hall–Kier alpha value is -1.11. The van der Waals surface area contributed by atoms with E-state index in [0.717, 1.165) is 18.4 Å². The molecule has 0 saturated heterocycles. The Labute approximate surface area is 120 Å². The van der Waals surface area contributed by atoms with Gasteiger partial charge in [-0.25, -0.2) is 13.1 Å². The summed E-state index contributed by atoms with van der Waals surface area (Å²) >= 11 is 0. The molecule has 0 unspecified atom stereocenters. The van der Waals surface area contributed by atoms with Crippen LogP contribution in [0.3, 0.4) is 0 Å². The molecule has 0 amide bonds. The number of hydrogen-bond acceptors (Lipinski definition) is 4. The van der Waals surface area contributed by atoms with Gasteiger partial charge in [0.2, 0.25) is 10.0 Å². The fraction of sp³-hybridized carbons (Fsp3) is 0.571. The summed E-state index contributed by atoms with van der Waals surface area (Å²) in [6.45, 7) is 1.80. The Morgan fingerprint density at radius 3 is 2.60 bits per heavy atom. The molecule has 0 heterocycles. The van der Waals surface area contributed by atoms with Crippen molar-refractivity contribution in [2.45, 2.75) is 49.6 Å². The molecule has 0 radical (unpaired) electrons. The molecule has 2 atom stereocenters. The van der Waals surface area contributed by atoms with E-state index in [4.69, 9.17) is 4.74 Å². The average Bonchev–Trinajstić information content (AvgIpc) is 2.41. The predicted molar refractivity (Wildman–Crippen MR) is 76.3 cm³/mol. The fourth-order valence-corrected chi connectivity index (χ4v) is 3.92. The molecular formula is C14H21NO4S. The normalized spacial score (nSPS) is 23.6. The molecule has 0 spiro atoms. The lowest BCUT2D eigenvalue weighted by molar-refractivity contribution is 0.101. The second-order valence-electron chi connectivity index (χ2n) is 5.21. The first-order valence-corrected chi connectivity index (χ1v) is 8.27. The maximum absolute atomic E-state index is 12.3. The van der Waals surface area contributed by atoms with Gasteiger partial charge in [0.05, 0.1) is 18.1 Å². The van der Waals surface area contributed by atoms with Crippen molar-refractivity contribution in [1.29, 1.82) is 0 Å². The number of hydrogen-bond donors (Lipinski definition) is 2. The minimum atomic E-state index is -3.61. The monoisotopic (exact) mass is 299 g/mol. The maximum Gasteiger partial charge on any atom is 0.240 e. The molecule has 2 rings (SSSR count). The average molecular weight is 299 g/mol. The summed E-state index contributed by atoms with van der Waals surface area (Å²) in [4.78, 5) is 0.202. The zero-order valence-corrected chi connectivity index (χ0v) is 12.6. The van der Waals surface area contributed by atoms with Gasteiger partial charge in [-0.1, -0.05) is 12.8 Å². The summed E-state index contributed by atoms with van der Waals surface area (Å²) in [6.07, 6.45) is 2.61. The highest BCUT2D eigenvalue weighted by Gasteiger charge is 2.28. The number of ether oxygens (including phenoxy) is 1. The van der Waals surface area contributed by atoms with Crippen molar-refractivity contribution in [3.63, 3.8) is 0 Å². The molecule has 1 fully saturated rings. The smallest absolute Gasteiger partial charge is 0.240 e. The third-order valence-electron chi connectivity index (χ3n) is 3.71. The Balaban J connectivity index is 2.19. The van der Waals surface area contributed by atoms with Crippen LogP contribution >= 0.6 is 0 Å². The van der Waals surface area contributed by atoms with Crippen LogP contribution in [0.25, 0.3) is 0 Å². The van der Waals surface area contributed by atoms with Crippen molar-refractivity contribution in [3.05, 3.63) is 23.8 Å². The van der Waals surface area contributed by atoms with Crippen LogP contribution in [0.5, 0.6) is 5.75 Å². The molecule has 1 aromatic rings. The van der Waals surface area contributed by atoms with Gasteiger partial charge in [0, 0.05) is 6.04 Å². The van der Waals surface area contributed by atoms with Crippen molar-refractivity contribution < 1.29 is 18.3 Å². The van der Waals surface area contributed by atoms with Crippen molar-refractivity contribution in [3.8, 4) is 5.75 Å². The first-order valence-electron chi connectivity index (χ1n) is 6.79. The van der Waals surface area contributed by atoms with Gasteiger partial charge < -0.3 is 9.84 Å². The summed E-state index contributed by atoms with van der Waals surface area (Å²) < 4.78 is 32.4. The van der Waals surface area contributed by atoms with Crippen molar-refractivity contribution in [2.24, 2.45) is 0 Å². The molecule has 1 aliphatic carbocycles. The van der Waals surface area contributed by atoms with E-state index in [2.05, 4.69) is 4.72 Å². The number of aryl methyl sites for hydroxylation is 1. The summed E-state index contributed by atoms with van der Waals surface area (Å²) in [5.74, 6) is 0.654. The molecular weight excluding hydrogens is 278 g/mol. The largest absolute Gasteiger partial charge is 0.496 e. The van der Waals surface area contributed by atoms with Crippen LogP contribution in [0.2, 0.25) is 0 Å². The van der Waals surface area contributed by atoms with E-state index in [1.807, 2.05) is 0 Å². The van der Waals surface area contributed by atoms with Crippen LogP contribution in [0, 0.1) is 6.92 Å². The molecule has 20 heavy (non-hydrogen) atoms. The van der Waals surface area contributed by atoms with Gasteiger partial charge in [-0.05, 0) is 43.5 Å². The van der Waals surface area contributed by atoms with E-state index in [9.17, 15) is 13.5 Å². The minimum absolute atomic E-state index is 0.202. The predicted octanol–water partition coefficient (Wildman–Crippen LogP) is 1.59. The van der Waals surface area contributed by atoms with Crippen LogP contribution < -0.4 is 9.46 Å². The van der Waals surface area contributed by atoms with Gasteiger partial charge >= 0.3 is 0 Å². The van der Waals surface area contributed by atoms with Gasteiger partial charge in [-0.3, -0.25) is 0 Å². The van der Waals surface area contributed by atoms with Crippen molar-refractivity contribution in [2.75, 3.05) is 7.11 Å². The van der Waals surface area contributed by atoms with Crippen LogP contribution in [0.4, 0.5) is 0 Å². The first kappa shape index (κ1) is 15.3. The minimum Gasteiger partial charge on any atom is -0.496 e. The highest BCUT2D eigenvalue weighted by atomic mass is 32.2. The molecule has 1 aromatic carbocycles. The molecule has 1 saturated carbocycles. The summed E-state index contributed by atoms with van der Waals surface area (Å²) in [7, 11) is -2.06. The van der Waals surface area contributed by atoms with E-state index in [1.54, 1.807) is 26.2 Å². The van der Waals surface area contributed by atoms with Gasteiger partial charge in [0.25, 0.3) is 0 Å². The molecule has 0 aliphatic heterocycles. The summed E-state index contributed by atoms with van der Waals surface area (Å²) in [5, 5.41) is 9.87. The van der Waals surface area contributed by atoms with Crippen LogP contribution in [-0.4, -0.2) is 32.8 Å². The number of sulfonamides is 1. The molecule has 2 N–H and O–H groups in total. The standard InChI is InChI=1S/C14H21NO4S/c1-10-9-11(7-8-14(10)19-2)20(17,18)15-12-5-3-4-6-13(12)16/h7-9,12-13,15-16H,3-6H2,1-2H3/t12-,13-/m0/s1. The van der Waals surface area contributed by atoms with E-state index in [0.29, 0.717) is 18.6 Å². The molecule has 112 valence electrons. The molecule has 0 aromatic heterocycles. The summed E-state index contributed by atoms with van der Waals surface area (Å²) in [6, 6.07) is 4.34. The Morgan fingerprint density at radius 2 is 2.00 bits per heavy atom. The second kappa shape index (κ2) is 6.11. The number of benzene rings is 1. The maximum atomic E-state index is 12.3. The lowest BCUT2D eigenvalue weighted by Gasteiger charge is -2.28. The number of aliphatic hydroxyl groups is 1. The van der Waals surface area contributed by atoms with E-state index < -0.39 is 22.2 Å². The Kier molecular flexibility index (Phi) is 4.67. The Morgan fingerprint density at radius 1 is 1.30 bits per heavy atom.